The highest BCUT2D eigenvalue weighted by molar-refractivity contribution is 8.13. The Morgan fingerprint density at radius 3 is 2.17 bits per heavy atom. The second kappa shape index (κ2) is 7.47. The molecule has 1 aromatic rings. The SMILES string of the molecule is CCc1cccc(CC)c1NC(=NC(C)C)SC. The molecule has 0 aliphatic carbocycles. The zero-order valence-electron chi connectivity index (χ0n) is 12.1. The van der Waals surface area contributed by atoms with Gasteiger partial charge in [0.25, 0.3) is 0 Å². The van der Waals surface area contributed by atoms with Crippen LogP contribution in [0, 0.1) is 0 Å². The Kier molecular flexibility index (Phi) is 6.27. The minimum atomic E-state index is 0.318. The predicted octanol–water partition coefficient (Wildman–Crippen LogP) is 4.35. The summed E-state index contributed by atoms with van der Waals surface area (Å²) in [5.41, 5.74) is 3.97. The van der Waals surface area contributed by atoms with E-state index in [9.17, 15) is 0 Å². The van der Waals surface area contributed by atoms with E-state index >= 15 is 0 Å². The fraction of sp³-hybridized carbons (Fsp3) is 0.533. The Bertz CT molecular complexity index is 389. The van der Waals surface area contributed by atoms with Crippen LogP contribution < -0.4 is 5.32 Å². The first-order valence-corrected chi connectivity index (χ1v) is 7.84. The van der Waals surface area contributed by atoms with Gasteiger partial charge in [-0.1, -0.05) is 43.8 Å². The number of hydrogen-bond donors (Lipinski definition) is 1. The quantitative estimate of drug-likeness (QED) is 0.646. The maximum absolute atomic E-state index is 4.61. The lowest BCUT2D eigenvalue weighted by molar-refractivity contribution is 0.839. The minimum Gasteiger partial charge on any atom is -0.335 e. The molecule has 100 valence electrons. The fourth-order valence-electron chi connectivity index (χ4n) is 1.88. The molecule has 0 amide bonds. The molecule has 0 bridgehead atoms. The number of aryl methyl sites for hydroxylation is 2. The molecule has 2 nitrogen and oxygen atoms in total. The smallest absolute Gasteiger partial charge is 0.161 e. The maximum atomic E-state index is 4.61. The summed E-state index contributed by atoms with van der Waals surface area (Å²) in [6.45, 7) is 8.59. The first-order valence-electron chi connectivity index (χ1n) is 6.61. The van der Waals surface area contributed by atoms with Crippen molar-refractivity contribution in [2.75, 3.05) is 11.6 Å². The van der Waals surface area contributed by atoms with Crippen LogP contribution in [0.1, 0.15) is 38.8 Å². The topological polar surface area (TPSA) is 24.4 Å². The molecule has 1 rings (SSSR count). The van der Waals surface area contributed by atoms with Crippen molar-refractivity contribution in [3.8, 4) is 0 Å². The molecule has 18 heavy (non-hydrogen) atoms. The molecule has 0 radical (unpaired) electrons. The Hall–Kier alpha value is -0.960. The highest BCUT2D eigenvalue weighted by Crippen LogP contribution is 2.23. The van der Waals surface area contributed by atoms with Gasteiger partial charge in [-0.05, 0) is 44.1 Å². The number of rotatable bonds is 4. The summed E-state index contributed by atoms with van der Waals surface area (Å²) < 4.78 is 0. The molecule has 1 aromatic carbocycles. The predicted molar refractivity (Wildman–Crippen MR) is 84.9 cm³/mol. The Labute approximate surface area is 115 Å². The number of hydrogen-bond acceptors (Lipinski definition) is 2. The van der Waals surface area contributed by atoms with Crippen LogP contribution in [0.25, 0.3) is 0 Å². The van der Waals surface area contributed by atoms with E-state index in [2.05, 4.69) is 62.5 Å². The van der Waals surface area contributed by atoms with Gasteiger partial charge >= 0.3 is 0 Å². The second-order valence-corrected chi connectivity index (χ2v) is 5.31. The zero-order valence-corrected chi connectivity index (χ0v) is 12.9. The van der Waals surface area contributed by atoms with Gasteiger partial charge in [0.1, 0.15) is 0 Å². The van der Waals surface area contributed by atoms with Crippen molar-refractivity contribution in [1.29, 1.82) is 0 Å². The van der Waals surface area contributed by atoms with Crippen LogP contribution >= 0.6 is 11.8 Å². The Morgan fingerprint density at radius 2 is 1.78 bits per heavy atom. The summed E-state index contributed by atoms with van der Waals surface area (Å²) in [5.74, 6) is 0. The van der Waals surface area contributed by atoms with Crippen LogP contribution in [0.4, 0.5) is 5.69 Å². The summed E-state index contributed by atoms with van der Waals surface area (Å²) in [6, 6.07) is 6.84. The highest BCUT2D eigenvalue weighted by atomic mass is 32.2. The monoisotopic (exact) mass is 264 g/mol. The third-order valence-electron chi connectivity index (χ3n) is 2.80. The molecule has 0 aromatic heterocycles. The van der Waals surface area contributed by atoms with E-state index in [0.717, 1.165) is 18.0 Å². The number of benzene rings is 1. The average molecular weight is 264 g/mol. The van der Waals surface area contributed by atoms with Crippen molar-refractivity contribution >= 4 is 22.6 Å². The lowest BCUT2D eigenvalue weighted by Gasteiger charge is -2.16. The van der Waals surface area contributed by atoms with E-state index in [1.54, 1.807) is 11.8 Å². The van der Waals surface area contributed by atoms with Gasteiger partial charge < -0.3 is 5.32 Å². The number of anilines is 1. The van der Waals surface area contributed by atoms with E-state index < -0.39 is 0 Å². The van der Waals surface area contributed by atoms with E-state index in [1.165, 1.54) is 16.8 Å². The maximum Gasteiger partial charge on any atom is 0.161 e. The number of aliphatic imine (C=N–C) groups is 1. The van der Waals surface area contributed by atoms with Crippen LogP contribution in [-0.2, 0) is 12.8 Å². The standard InChI is InChI=1S/C15H24N2S/c1-6-12-9-8-10-13(7-2)14(12)17-15(18-5)16-11(3)4/h8-11H,6-7H2,1-5H3,(H,16,17). The Balaban J connectivity index is 3.08. The van der Waals surface area contributed by atoms with Crippen molar-refractivity contribution in [1.82, 2.24) is 0 Å². The summed E-state index contributed by atoms with van der Waals surface area (Å²) >= 11 is 1.67. The van der Waals surface area contributed by atoms with Gasteiger partial charge in [0.05, 0.1) is 0 Å². The molecule has 0 saturated heterocycles. The molecule has 0 atom stereocenters. The normalized spacial score (nSPS) is 12.0. The fourth-order valence-corrected chi connectivity index (χ4v) is 2.40. The van der Waals surface area contributed by atoms with E-state index in [-0.39, 0.29) is 0 Å². The van der Waals surface area contributed by atoms with Crippen molar-refractivity contribution < 1.29 is 0 Å². The summed E-state index contributed by atoms with van der Waals surface area (Å²) in [5, 5.41) is 4.51. The Morgan fingerprint density at radius 1 is 1.22 bits per heavy atom. The molecule has 0 unspecified atom stereocenters. The molecule has 3 heteroatoms. The molecular formula is C15H24N2S. The van der Waals surface area contributed by atoms with Crippen molar-refractivity contribution in [3.63, 3.8) is 0 Å². The average Bonchev–Trinajstić information content (AvgIpc) is 2.37. The largest absolute Gasteiger partial charge is 0.335 e. The molecule has 0 fully saturated rings. The number of amidine groups is 1. The number of thioether (sulfide) groups is 1. The molecule has 0 spiro atoms. The van der Waals surface area contributed by atoms with Crippen molar-refractivity contribution in [2.24, 2.45) is 4.99 Å². The van der Waals surface area contributed by atoms with Gasteiger partial charge in [-0.25, -0.2) is 0 Å². The molecule has 0 aliphatic rings. The third kappa shape index (κ3) is 4.05. The van der Waals surface area contributed by atoms with Gasteiger partial charge in [-0.3, -0.25) is 4.99 Å². The summed E-state index contributed by atoms with van der Waals surface area (Å²) in [4.78, 5) is 4.61. The van der Waals surface area contributed by atoms with E-state index in [0.29, 0.717) is 6.04 Å². The van der Waals surface area contributed by atoms with E-state index in [1.807, 2.05) is 0 Å². The summed E-state index contributed by atoms with van der Waals surface area (Å²) in [6.07, 6.45) is 4.15. The third-order valence-corrected chi connectivity index (χ3v) is 3.39. The minimum absolute atomic E-state index is 0.318. The van der Waals surface area contributed by atoms with Crippen LogP contribution in [0.2, 0.25) is 0 Å². The first-order chi connectivity index (χ1) is 8.62. The van der Waals surface area contributed by atoms with Crippen LogP contribution in [0.15, 0.2) is 23.2 Å². The van der Waals surface area contributed by atoms with Gasteiger partial charge in [0.15, 0.2) is 5.17 Å². The molecule has 0 aliphatic heterocycles. The van der Waals surface area contributed by atoms with Gasteiger partial charge in [-0.15, -0.1) is 0 Å². The van der Waals surface area contributed by atoms with Crippen molar-refractivity contribution in [2.45, 2.75) is 46.6 Å². The second-order valence-electron chi connectivity index (χ2n) is 4.52. The van der Waals surface area contributed by atoms with Crippen LogP contribution in [-0.4, -0.2) is 17.5 Å². The molecule has 1 N–H and O–H groups in total. The zero-order chi connectivity index (χ0) is 13.5. The number of nitrogens with one attached hydrogen (secondary N) is 1. The van der Waals surface area contributed by atoms with Gasteiger partial charge in [-0.2, -0.15) is 0 Å². The van der Waals surface area contributed by atoms with Crippen molar-refractivity contribution in [3.05, 3.63) is 29.3 Å². The van der Waals surface area contributed by atoms with Gasteiger partial charge in [0.2, 0.25) is 0 Å². The number of para-hydroxylation sites is 1. The molecule has 0 heterocycles. The van der Waals surface area contributed by atoms with E-state index in [4.69, 9.17) is 0 Å². The van der Waals surface area contributed by atoms with Crippen LogP contribution in [0.3, 0.4) is 0 Å². The summed E-state index contributed by atoms with van der Waals surface area (Å²) in [7, 11) is 0. The van der Waals surface area contributed by atoms with Gasteiger partial charge in [0, 0.05) is 11.7 Å². The highest BCUT2D eigenvalue weighted by Gasteiger charge is 2.08. The van der Waals surface area contributed by atoms with Crippen LogP contribution in [0.5, 0.6) is 0 Å². The number of nitrogens with zero attached hydrogens (tertiary/aromatic N) is 1. The lowest BCUT2D eigenvalue weighted by Crippen LogP contribution is -2.13. The molecular weight excluding hydrogens is 240 g/mol. The first kappa shape index (κ1) is 15.1. The lowest BCUT2D eigenvalue weighted by atomic mass is 10.0. The molecule has 0 saturated carbocycles.